The van der Waals surface area contributed by atoms with E-state index in [1.165, 1.54) is 6.26 Å². The highest BCUT2D eigenvalue weighted by Crippen LogP contribution is 2.40. The molecular formula is C12H16O3. The fraction of sp³-hybridized carbons (Fsp3) is 0.667. The van der Waals surface area contributed by atoms with Crippen molar-refractivity contribution < 1.29 is 14.3 Å². The molecule has 2 fully saturated rings. The summed E-state index contributed by atoms with van der Waals surface area (Å²) < 4.78 is 5.06. The van der Waals surface area contributed by atoms with E-state index in [2.05, 4.69) is 0 Å². The van der Waals surface area contributed by atoms with Gasteiger partial charge in [0, 0.05) is 11.8 Å². The maximum absolute atomic E-state index is 11.9. The van der Waals surface area contributed by atoms with E-state index in [1.807, 2.05) is 6.92 Å². The molecule has 0 aliphatic heterocycles. The predicted molar refractivity (Wildman–Crippen MR) is 55.2 cm³/mol. The molecule has 82 valence electrons. The van der Waals surface area contributed by atoms with E-state index in [0.29, 0.717) is 12.2 Å². The molecule has 0 aromatic carbocycles. The van der Waals surface area contributed by atoms with Gasteiger partial charge < -0.3 is 4.74 Å². The van der Waals surface area contributed by atoms with Crippen LogP contribution in [0.15, 0.2) is 11.8 Å². The number of carbonyl (C=O) groups is 2. The molecule has 3 nitrogen and oxygen atoms in total. The Kier molecular flexibility index (Phi) is 2.89. The summed E-state index contributed by atoms with van der Waals surface area (Å²) in [6, 6.07) is 0. The molecule has 0 heterocycles. The van der Waals surface area contributed by atoms with E-state index in [9.17, 15) is 9.59 Å². The van der Waals surface area contributed by atoms with Gasteiger partial charge in [0.1, 0.15) is 0 Å². The summed E-state index contributed by atoms with van der Waals surface area (Å²) in [5.74, 6) is -0.0628. The van der Waals surface area contributed by atoms with Gasteiger partial charge in [-0.05, 0) is 19.8 Å². The third-order valence-corrected chi connectivity index (χ3v) is 3.34. The van der Waals surface area contributed by atoms with Crippen LogP contribution in [0.2, 0.25) is 0 Å². The number of carbonyl (C=O) groups excluding carboxylic acids is 2. The van der Waals surface area contributed by atoms with Crippen molar-refractivity contribution in [3.05, 3.63) is 11.8 Å². The molecule has 3 heteroatoms. The van der Waals surface area contributed by atoms with Crippen LogP contribution in [0, 0.1) is 11.8 Å². The Bertz CT molecular complexity index is 291. The normalized spacial score (nSPS) is 30.3. The van der Waals surface area contributed by atoms with E-state index in [1.54, 1.807) is 0 Å². The SMILES string of the molecule is CCOC=C1C(=O)C2CCCCC2C1=O. The fourth-order valence-corrected chi connectivity index (χ4v) is 2.56. The summed E-state index contributed by atoms with van der Waals surface area (Å²) in [5, 5.41) is 0. The van der Waals surface area contributed by atoms with E-state index >= 15 is 0 Å². The average Bonchev–Trinajstić information content (AvgIpc) is 2.51. The molecule has 0 N–H and O–H groups in total. The summed E-state index contributed by atoms with van der Waals surface area (Å²) >= 11 is 0. The van der Waals surface area contributed by atoms with Crippen LogP contribution in [-0.4, -0.2) is 18.2 Å². The van der Waals surface area contributed by atoms with E-state index in [4.69, 9.17) is 4.74 Å². The molecular weight excluding hydrogens is 192 g/mol. The molecule has 0 aromatic heterocycles. The predicted octanol–water partition coefficient (Wildman–Crippen LogP) is 1.86. The molecule has 2 rings (SSSR count). The smallest absolute Gasteiger partial charge is 0.173 e. The summed E-state index contributed by atoms with van der Waals surface area (Å²) in [6.07, 6.45) is 5.25. The second kappa shape index (κ2) is 4.17. The van der Waals surface area contributed by atoms with Crippen molar-refractivity contribution in [1.29, 1.82) is 0 Å². The fourth-order valence-electron chi connectivity index (χ4n) is 2.56. The zero-order chi connectivity index (χ0) is 10.8. The lowest BCUT2D eigenvalue weighted by atomic mass is 9.81. The first-order valence-electron chi connectivity index (χ1n) is 5.66. The topological polar surface area (TPSA) is 43.4 Å². The number of rotatable bonds is 2. The van der Waals surface area contributed by atoms with E-state index in [0.717, 1.165) is 25.7 Å². The minimum Gasteiger partial charge on any atom is -0.501 e. The van der Waals surface area contributed by atoms with Crippen molar-refractivity contribution in [2.24, 2.45) is 11.8 Å². The third kappa shape index (κ3) is 1.71. The highest BCUT2D eigenvalue weighted by molar-refractivity contribution is 6.27. The Morgan fingerprint density at radius 3 is 2.20 bits per heavy atom. The standard InChI is InChI=1S/C12H16O3/c1-2-15-7-10-11(13)8-5-3-4-6-9(8)12(10)14/h7-9H,2-6H2,1H3. The molecule has 2 atom stereocenters. The number of hydrogen-bond donors (Lipinski definition) is 0. The van der Waals surface area contributed by atoms with Gasteiger partial charge in [0.15, 0.2) is 11.6 Å². The second-order valence-corrected chi connectivity index (χ2v) is 4.21. The molecule has 0 bridgehead atoms. The summed E-state index contributed by atoms with van der Waals surface area (Å²) in [4.78, 5) is 23.8. The van der Waals surface area contributed by atoms with Crippen molar-refractivity contribution in [1.82, 2.24) is 0 Å². The van der Waals surface area contributed by atoms with Gasteiger partial charge >= 0.3 is 0 Å². The van der Waals surface area contributed by atoms with Gasteiger partial charge in [-0.15, -0.1) is 0 Å². The van der Waals surface area contributed by atoms with Crippen LogP contribution >= 0.6 is 0 Å². The first-order valence-corrected chi connectivity index (χ1v) is 5.66. The maximum atomic E-state index is 11.9. The third-order valence-electron chi connectivity index (χ3n) is 3.34. The zero-order valence-electron chi connectivity index (χ0n) is 8.99. The lowest BCUT2D eigenvalue weighted by Crippen LogP contribution is -2.21. The first kappa shape index (κ1) is 10.4. The van der Waals surface area contributed by atoms with E-state index in [-0.39, 0.29) is 23.4 Å². The minimum absolute atomic E-state index is 0.0122. The largest absolute Gasteiger partial charge is 0.501 e. The molecule has 0 spiro atoms. The zero-order valence-corrected chi connectivity index (χ0v) is 8.99. The molecule has 2 aliphatic carbocycles. The summed E-state index contributed by atoms with van der Waals surface area (Å²) in [5.41, 5.74) is 0.300. The number of ether oxygens (including phenoxy) is 1. The Labute approximate surface area is 89.5 Å². The highest BCUT2D eigenvalue weighted by Gasteiger charge is 2.46. The minimum atomic E-state index is -0.0436. The average molecular weight is 208 g/mol. The first-order chi connectivity index (χ1) is 7.25. The lowest BCUT2D eigenvalue weighted by molar-refractivity contribution is -0.120. The van der Waals surface area contributed by atoms with Gasteiger partial charge in [0.2, 0.25) is 0 Å². The van der Waals surface area contributed by atoms with Crippen LogP contribution in [0.25, 0.3) is 0 Å². The van der Waals surface area contributed by atoms with Crippen molar-refractivity contribution >= 4 is 11.6 Å². The summed E-state index contributed by atoms with van der Waals surface area (Å²) in [6.45, 7) is 2.34. The van der Waals surface area contributed by atoms with Crippen molar-refractivity contribution in [3.8, 4) is 0 Å². The molecule has 2 unspecified atom stereocenters. The van der Waals surface area contributed by atoms with Crippen LogP contribution in [0.4, 0.5) is 0 Å². The van der Waals surface area contributed by atoms with Crippen molar-refractivity contribution in [2.75, 3.05) is 6.61 Å². The monoisotopic (exact) mass is 208 g/mol. The highest BCUT2D eigenvalue weighted by atomic mass is 16.5. The van der Waals surface area contributed by atoms with Crippen molar-refractivity contribution in [2.45, 2.75) is 32.6 Å². The van der Waals surface area contributed by atoms with Gasteiger partial charge in [-0.25, -0.2) is 0 Å². The molecule has 0 radical (unpaired) electrons. The molecule has 2 aliphatic rings. The van der Waals surface area contributed by atoms with E-state index < -0.39 is 0 Å². The molecule has 15 heavy (non-hydrogen) atoms. The molecule has 2 saturated carbocycles. The Morgan fingerprint density at radius 2 is 1.73 bits per heavy atom. The van der Waals surface area contributed by atoms with Crippen LogP contribution in [0.5, 0.6) is 0 Å². The van der Waals surface area contributed by atoms with Gasteiger partial charge in [0.05, 0.1) is 18.4 Å². The number of ketones is 2. The Balaban J connectivity index is 2.21. The van der Waals surface area contributed by atoms with Crippen molar-refractivity contribution in [3.63, 3.8) is 0 Å². The van der Waals surface area contributed by atoms with Crippen LogP contribution in [-0.2, 0) is 14.3 Å². The maximum Gasteiger partial charge on any atom is 0.173 e. The Morgan fingerprint density at radius 1 is 1.20 bits per heavy atom. The van der Waals surface area contributed by atoms with Gasteiger partial charge in [-0.3, -0.25) is 9.59 Å². The quantitative estimate of drug-likeness (QED) is 0.395. The number of Topliss-reactive ketones (excluding diaryl/α,β-unsaturated/α-hetero) is 2. The Hall–Kier alpha value is -1.12. The lowest BCUT2D eigenvalue weighted by Gasteiger charge is -2.21. The van der Waals surface area contributed by atoms with Gasteiger partial charge in [-0.1, -0.05) is 12.8 Å². The number of fused-ring (bicyclic) bond motifs is 1. The number of allylic oxidation sites excluding steroid dienone is 1. The molecule has 0 aromatic rings. The second-order valence-electron chi connectivity index (χ2n) is 4.21. The molecule has 0 amide bonds. The number of hydrogen-bond acceptors (Lipinski definition) is 3. The van der Waals surface area contributed by atoms with Crippen LogP contribution in [0.3, 0.4) is 0 Å². The van der Waals surface area contributed by atoms with Gasteiger partial charge in [0.25, 0.3) is 0 Å². The summed E-state index contributed by atoms with van der Waals surface area (Å²) in [7, 11) is 0. The van der Waals surface area contributed by atoms with Crippen LogP contribution in [0.1, 0.15) is 32.6 Å². The van der Waals surface area contributed by atoms with Gasteiger partial charge in [-0.2, -0.15) is 0 Å². The van der Waals surface area contributed by atoms with Crippen LogP contribution < -0.4 is 0 Å². The molecule has 0 saturated heterocycles.